The molecule has 4 heteroatoms. The van der Waals surface area contributed by atoms with Crippen molar-refractivity contribution in [3.8, 4) is 39.2 Å². The number of aromatic nitrogens is 3. The Morgan fingerprint density at radius 1 is 0.471 bits per heavy atom. The van der Waals surface area contributed by atoms with Gasteiger partial charge in [0.05, 0.1) is 23.1 Å². The Labute approximate surface area is 294 Å². The Morgan fingerprint density at radius 3 is 1.76 bits per heavy atom. The van der Waals surface area contributed by atoms with Gasteiger partial charge < -0.3 is 0 Å². The highest BCUT2D eigenvalue weighted by molar-refractivity contribution is 6.15. The van der Waals surface area contributed by atoms with Crippen LogP contribution in [0.1, 0.15) is 0 Å². The summed E-state index contributed by atoms with van der Waals surface area (Å²) in [4.78, 5) is 13.2. The molecular formula is C47H28N4. The molecule has 7 aromatic carbocycles. The second kappa shape index (κ2) is 11.5. The summed E-state index contributed by atoms with van der Waals surface area (Å²) in [6, 6.07) is 55.5. The van der Waals surface area contributed by atoms with Crippen molar-refractivity contribution in [3.63, 3.8) is 0 Å². The maximum absolute atomic E-state index is 7.76. The molecule has 51 heavy (non-hydrogen) atoms. The van der Waals surface area contributed by atoms with Crippen molar-refractivity contribution < 1.29 is 0 Å². The molecular weight excluding hydrogens is 621 g/mol. The van der Waals surface area contributed by atoms with Crippen molar-refractivity contribution in [3.05, 3.63) is 182 Å². The Bertz CT molecular complexity index is 3040. The lowest BCUT2D eigenvalue weighted by molar-refractivity contribution is 1.10. The van der Waals surface area contributed by atoms with E-state index in [4.69, 9.17) is 11.6 Å². The molecule has 3 aromatic heterocycles. The van der Waals surface area contributed by atoms with Crippen LogP contribution < -0.4 is 0 Å². The van der Waals surface area contributed by atoms with Gasteiger partial charge in [0, 0.05) is 28.7 Å². The van der Waals surface area contributed by atoms with Gasteiger partial charge in [0.15, 0.2) is 5.69 Å². The Kier molecular flexibility index (Phi) is 6.52. The summed E-state index contributed by atoms with van der Waals surface area (Å²) in [5.41, 5.74) is 10.6. The number of nitrogens with zero attached hydrogens (tertiary/aromatic N) is 4. The van der Waals surface area contributed by atoms with Gasteiger partial charge >= 0.3 is 0 Å². The fourth-order valence-electron chi connectivity index (χ4n) is 7.77. The maximum Gasteiger partial charge on any atom is 0.188 e. The number of rotatable bonds is 4. The van der Waals surface area contributed by atoms with Crippen molar-refractivity contribution in [2.75, 3.05) is 0 Å². The first-order valence-electron chi connectivity index (χ1n) is 17.0. The number of benzene rings is 7. The highest BCUT2D eigenvalue weighted by Gasteiger charge is 2.18. The fraction of sp³-hybridized carbons (Fsp3) is 0. The standard InChI is InChI=1S/C47H28N4/c1-48-33-18-24-46-43(28-33)42-27-31(16-23-45(42)51(46)47-25-17-30-9-2-7-15-44(30)50-47)34-19-21-40(38-13-5-3-11-36(34)38)41-22-20-35(32-10-8-26-49-29-32)37-12-4-6-14-39(37)41/h2-29H. The predicted octanol–water partition coefficient (Wildman–Crippen LogP) is 12.6. The van der Waals surface area contributed by atoms with E-state index in [2.05, 4.69) is 136 Å². The van der Waals surface area contributed by atoms with E-state index in [1.165, 1.54) is 43.8 Å². The summed E-state index contributed by atoms with van der Waals surface area (Å²) in [5.74, 6) is 0.855. The van der Waals surface area contributed by atoms with Crippen molar-refractivity contribution in [2.45, 2.75) is 0 Å². The summed E-state index contributed by atoms with van der Waals surface area (Å²) in [7, 11) is 0. The average molecular weight is 649 g/mol. The van der Waals surface area contributed by atoms with Gasteiger partial charge in [-0.1, -0.05) is 109 Å². The molecule has 0 saturated heterocycles. The zero-order chi connectivity index (χ0) is 33.9. The minimum absolute atomic E-state index is 0.620. The summed E-state index contributed by atoms with van der Waals surface area (Å²) in [6.45, 7) is 7.76. The van der Waals surface area contributed by atoms with Crippen LogP contribution in [0.2, 0.25) is 0 Å². The summed E-state index contributed by atoms with van der Waals surface area (Å²) in [5, 5.41) is 8.04. The zero-order valence-corrected chi connectivity index (χ0v) is 27.5. The third kappa shape index (κ3) is 4.60. The summed E-state index contributed by atoms with van der Waals surface area (Å²) in [6.07, 6.45) is 3.75. The van der Waals surface area contributed by atoms with Crippen LogP contribution in [-0.4, -0.2) is 14.5 Å². The van der Waals surface area contributed by atoms with Gasteiger partial charge in [-0.05, 0) is 103 Å². The van der Waals surface area contributed by atoms with Crippen molar-refractivity contribution in [1.29, 1.82) is 0 Å². The first kappa shape index (κ1) is 28.9. The molecule has 0 spiro atoms. The lowest BCUT2D eigenvalue weighted by atomic mass is 9.88. The van der Waals surface area contributed by atoms with E-state index in [9.17, 15) is 0 Å². The fourth-order valence-corrected chi connectivity index (χ4v) is 7.77. The number of pyridine rings is 2. The summed E-state index contributed by atoms with van der Waals surface area (Å²) < 4.78 is 2.22. The second-order valence-corrected chi connectivity index (χ2v) is 12.9. The molecule has 0 radical (unpaired) electrons. The van der Waals surface area contributed by atoms with Crippen LogP contribution in [0.15, 0.2) is 170 Å². The van der Waals surface area contributed by atoms with E-state index in [0.29, 0.717) is 5.69 Å². The molecule has 0 aliphatic heterocycles. The van der Waals surface area contributed by atoms with Gasteiger partial charge in [0.2, 0.25) is 0 Å². The first-order valence-corrected chi connectivity index (χ1v) is 17.0. The smallest absolute Gasteiger partial charge is 0.188 e. The lowest BCUT2D eigenvalue weighted by Crippen LogP contribution is -1.97. The van der Waals surface area contributed by atoms with E-state index in [1.54, 1.807) is 0 Å². The number of hydrogen-bond donors (Lipinski definition) is 0. The molecule has 0 N–H and O–H groups in total. The highest BCUT2D eigenvalue weighted by atomic mass is 15.1. The van der Waals surface area contributed by atoms with Crippen molar-refractivity contribution >= 4 is 59.9 Å². The predicted molar refractivity (Wildman–Crippen MR) is 211 cm³/mol. The van der Waals surface area contributed by atoms with E-state index in [1.807, 2.05) is 48.8 Å². The molecule has 0 saturated carbocycles. The molecule has 0 aliphatic carbocycles. The quantitative estimate of drug-likeness (QED) is 0.178. The molecule has 0 atom stereocenters. The van der Waals surface area contributed by atoms with E-state index in [0.717, 1.165) is 49.7 Å². The van der Waals surface area contributed by atoms with Gasteiger partial charge in [-0.2, -0.15) is 0 Å². The third-order valence-electron chi connectivity index (χ3n) is 10.1. The second-order valence-electron chi connectivity index (χ2n) is 12.9. The minimum Gasteiger partial charge on any atom is -0.294 e. The SMILES string of the molecule is [C-]#[N+]c1ccc2c(c1)c1cc(-c3ccc(-c4ccc(-c5cccnc5)c5ccccc45)c4ccccc34)ccc1n2-c1ccc2ccccc2n1. The molecule has 0 unspecified atom stereocenters. The van der Waals surface area contributed by atoms with Crippen molar-refractivity contribution in [1.82, 2.24) is 14.5 Å². The number of hydrogen-bond acceptors (Lipinski definition) is 2. The summed E-state index contributed by atoms with van der Waals surface area (Å²) >= 11 is 0. The van der Waals surface area contributed by atoms with Crippen LogP contribution in [0.25, 0.3) is 98.3 Å². The monoisotopic (exact) mass is 648 g/mol. The first-order chi connectivity index (χ1) is 25.2. The zero-order valence-electron chi connectivity index (χ0n) is 27.5. The number of para-hydroxylation sites is 1. The normalized spacial score (nSPS) is 11.5. The Balaban J connectivity index is 1.17. The molecule has 0 bridgehead atoms. The van der Waals surface area contributed by atoms with Crippen LogP contribution in [-0.2, 0) is 0 Å². The van der Waals surface area contributed by atoms with Gasteiger partial charge in [0.1, 0.15) is 5.82 Å². The van der Waals surface area contributed by atoms with E-state index in [-0.39, 0.29) is 0 Å². The van der Waals surface area contributed by atoms with Gasteiger partial charge in [-0.3, -0.25) is 9.55 Å². The average Bonchev–Trinajstić information content (AvgIpc) is 3.53. The largest absolute Gasteiger partial charge is 0.294 e. The van der Waals surface area contributed by atoms with Gasteiger partial charge in [-0.15, -0.1) is 0 Å². The third-order valence-corrected chi connectivity index (χ3v) is 10.1. The van der Waals surface area contributed by atoms with E-state index >= 15 is 0 Å². The van der Waals surface area contributed by atoms with Crippen LogP contribution in [0.3, 0.4) is 0 Å². The molecule has 0 aliphatic rings. The topological polar surface area (TPSA) is 35.1 Å². The lowest BCUT2D eigenvalue weighted by Gasteiger charge is -2.16. The molecule has 4 nitrogen and oxygen atoms in total. The molecule has 0 fully saturated rings. The number of fused-ring (bicyclic) bond motifs is 6. The van der Waals surface area contributed by atoms with Gasteiger partial charge in [0.25, 0.3) is 0 Å². The van der Waals surface area contributed by atoms with Crippen LogP contribution in [0.4, 0.5) is 5.69 Å². The van der Waals surface area contributed by atoms with Crippen LogP contribution in [0.5, 0.6) is 0 Å². The van der Waals surface area contributed by atoms with Crippen molar-refractivity contribution in [2.24, 2.45) is 0 Å². The van der Waals surface area contributed by atoms with E-state index < -0.39 is 0 Å². The molecule has 10 rings (SSSR count). The molecule has 3 heterocycles. The Morgan fingerprint density at radius 2 is 1.08 bits per heavy atom. The minimum atomic E-state index is 0.620. The Hall–Kier alpha value is -7.09. The highest BCUT2D eigenvalue weighted by Crippen LogP contribution is 2.42. The van der Waals surface area contributed by atoms with Gasteiger partial charge in [-0.25, -0.2) is 9.83 Å². The molecule has 236 valence electrons. The maximum atomic E-state index is 7.76. The van der Waals surface area contributed by atoms with Crippen LogP contribution >= 0.6 is 0 Å². The molecule has 0 amide bonds. The molecule has 10 aromatic rings. The van der Waals surface area contributed by atoms with Crippen LogP contribution in [0, 0.1) is 6.57 Å².